The molecular formula is C24H26ClN2NaO5S2. The van der Waals surface area contributed by atoms with E-state index in [1.54, 1.807) is 0 Å². The summed E-state index contributed by atoms with van der Waals surface area (Å²) < 4.78 is 17.5. The van der Waals surface area contributed by atoms with Crippen molar-refractivity contribution in [3.8, 4) is 5.75 Å². The number of benzene rings is 2. The summed E-state index contributed by atoms with van der Waals surface area (Å²) in [5.41, 5.74) is 1.98. The molecule has 0 aromatic heterocycles. The van der Waals surface area contributed by atoms with E-state index in [1.165, 1.54) is 0 Å². The quantitative estimate of drug-likeness (QED) is 0.359. The standard InChI is InChI=1S/C24H25ClN2O5S2.Na.H/c1-15(12-31-19-7-5-16(6-8-19)10-21-22(28)26-23(29)34-21)27-11-20(32-24(27)33)14-30-13-17-3-2-4-18(25)9-17;;/h2-9,15,20-21H,10-14H2,1H3,(H,26,28,29);;. The predicted molar refractivity (Wildman–Crippen MR) is 142 cm³/mol. The molecule has 3 unspecified atom stereocenters. The van der Waals surface area contributed by atoms with Crippen LogP contribution in [0, 0.1) is 0 Å². The molecule has 2 aliphatic rings. The number of imide groups is 1. The van der Waals surface area contributed by atoms with Crippen LogP contribution in [-0.2, 0) is 27.3 Å². The molecule has 2 amide bonds. The molecule has 2 aromatic rings. The number of hydrogen-bond donors (Lipinski definition) is 1. The Morgan fingerprint density at radius 2 is 2.00 bits per heavy atom. The molecule has 4 rings (SSSR count). The van der Waals surface area contributed by atoms with Crippen molar-refractivity contribution in [1.82, 2.24) is 10.2 Å². The fraction of sp³-hybridized carbons (Fsp3) is 0.375. The molecular weight excluding hydrogens is 519 g/mol. The number of ether oxygens (including phenoxy) is 3. The molecule has 182 valence electrons. The predicted octanol–water partition coefficient (Wildman–Crippen LogP) is 3.56. The van der Waals surface area contributed by atoms with Crippen LogP contribution in [0.3, 0.4) is 0 Å². The van der Waals surface area contributed by atoms with E-state index in [2.05, 4.69) is 5.32 Å². The Hall–Kier alpha value is -1.33. The number of halogens is 1. The van der Waals surface area contributed by atoms with E-state index in [0.29, 0.717) is 43.0 Å². The fourth-order valence-corrected chi connectivity index (χ4v) is 5.16. The van der Waals surface area contributed by atoms with Crippen LogP contribution in [0.1, 0.15) is 18.1 Å². The normalized spacial score (nSPS) is 20.3. The summed E-state index contributed by atoms with van der Waals surface area (Å²) in [4.78, 5) is 25.0. The number of nitrogens with one attached hydrogen (secondary N) is 1. The van der Waals surface area contributed by atoms with Crippen LogP contribution in [0.15, 0.2) is 48.5 Å². The first-order chi connectivity index (χ1) is 16.4. The Labute approximate surface area is 241 Å². The Balaban J connectivity index is 0.00000342. The van der Waals surface area contributed by atoms with Crippen LogP contribution in [-0.4, -0.2) is 87.9 Å². The topological polar surface area (TPSA) is 77.1 Å². The van der Waals surface area contributed by atoms with Crippen LogP contribution >= 0.6 is 35.6 Å². The van der Waals surface area contributed by atoms with Crippen molar-refractivity contribution in [2.24, 2.45) is 0 Å². The molecule has 2 aliphatic heterocycles. The van der Waals surface area contributed by atoms with Crippen molar-refractivity contribution < 1.29 is 23.8 Å². The van der Waals surface area contributed by atoms with Gasteiger partial charge in [0.2, 0.25) is 5.91 Å². The van der Waals surface area contributed by atoms with Crippen molar-refractivity contribution >= 4 is 81.5 Å². The van der Waals surface area contributed by atoms with E-state index in [-0.39, 0.29) is 58.1 Å². The van der Waals surface area contributed by atoms with E-state index >= 15 is 0 Å². The molecule has 35 heavy (non-hydrogen) atoms. The van der Waals surface area contributed by atoms with Gasteiger partial charge in [0, 0.05) is 5.02 Å². The number of amides is 2. The van der Waals surface area contributed by atoms with Gasteiger partial charge in [-0.05, 0) is 61.0 Å². The van der Waals surface area contributed by atoms with Crippen LogP contribution in [0.25, 0.3) is 0 Å². The number of rotatable bonds is 10. The molecule has 2 fully saturated rings. The van der Waals surface area contributed by atoms with Gasteiger partial charge in [-0.3, -0.25) is 14.9 Å². The third-order valence-corrected chi connectivity index (χ3v) is 7.05. The van der Waals surface area contributed by atoms with Crippen molar-refractivity contribution in [1.29, 1.82) is 0 Å². The van der Waals surface area contributed by atoms with E-state index in [0.717, 1.165) is 28.6 Å². The Morgan fingerprint density at radius 1 is 1.23 bits per heavy atom. The van der Waals surface area contributed by atoms with Gasteiger partial charge in [-0.15, -0.1) is 0 Å². The second-order valence-electron chi connectivity index (χ2n) is 8.19. The third-order valence-electron chi connectivity index (χ3n) is 5.50. The molecule has 0 aliphatic carbocycles. The van der Waals surface area contributed by atoms with Crippen molar-refractivity contribution in [3.05, 3.63) is 64.7 Å². The fourth-order valence-electron chi connectivity index (χ4n) is 3.69. The van der Waals surface area contributed by atoms with Gasteiger partial charge in [-0.1, -0.05) is 47.6 Å². The monoisotopic (exact) mass is 544 g/mol. The molecule has 3 atom stereocenters. The molecule has 2 heterocycles. The van der Waals surface area contributed by atoms with Crippen molar-refractivity contribution in [2.75, 3.05) is 19.8 Å². The number of thioether (sulfide) groups is 1. The maximum absolute atomic E-state index is 11.7. The second kappa shape index (κ2) is 13.3. The molecule has 0 radical (unpaired) electrons. The van der Waals surface area contributed by atoms with Gasteiger partial charge >= 0.3 is 29.6 Å². The van der Waals surface area contributed by atoms with Gasteiger partial charge in [0.25, 0.3) is 10.4 Å². The summed E-state index contributed by atoms with van der Waals surface area (Å²) in [7, 11) is 0. The average molecular weight is 545 g/mol. The molecule has 1 N–H and O–H groups in total. The van der Waals surface area contributed by atoms with E-state index < -0.39 is 0 Å². The first-order valence-electron chi connectivity index (χ1n) is 10.9. The zero-order chi connectivity index (χ0) is 24.1. The second-order valence-corrected chi connectivity index (χ2v) is 10.2. The van der Waals surface area contributed by atoms with Crippen LogP contribution in [0.4, 0.5) is 4.79 Å². The molecule has 0 bridgehead atoms. The van der Waals surface area contributed by atoms with E-state index in [4.69, 9.17) is 38.0 Å². The van der Waals surface area contributed by atoms with Gasteiger partial charge < -0.3 is 19.1 Å². The number of hydrogen-bond acceptors (Lipinski definition) is 7. The number of nitrogens with zero attached hydrogens (tertiary/aromatic N) is 1. The Bertz CT molecular complexity index is 1060. The molecule has 2 aromatic carbocycles. The Kier molecular flexibility index (Phi) is 10.7. The summed E-state index contributed by atoms with van der Waals surface area (Å²) in [5, 5.41) is 2.78. The molecule has 0 saturated carbocycles. The minimum absolute atomic E-state index is 0. The first-order valence-corrected chi connectivity index (χ1v) is 12.6. The van der Waals surface area contributed by atoms with Gasteiger partial charge in [0.15, 0.2) is 0 Å². The third kappa shape index (κ3) is 8.08. The molecule has 7 nitrogen and oxygen atoms in total. The van der Waals surface area contributed by atoms with Gasteiger partial charge in [0.1, 0.15) is 18.5 Å². The summed E-state index contributed by atoms with van der Waals surface area (Å²) in [6.07, 6.45) is 0.366. The molecule has 11 heteroatoms. The van der Waals surface area contributed by atoms with Crippen LogP contribution in [0.5, 0.6) is 5.75 Å². The van der Waals surface area contributed by atoms with Gasteiger partial charge in [-0.2, -0.15) is 0 Å². The van der Waals surface area contributed by atoms with Crippen LogP contribution in [0.2, 0.25) is 5.02 Å². The molecule has 0 spiro atoms. The summed E-state index contributed by atoms with van der Waals surface area (Å²) in [6.45, 7) is 4.00. The number of carbonyl (C=O) groups is 2. The van der Waals surface area contributed by atoms with E-state index in [1.807, 2.05) is 60.4 Å². The summed E-state index contributed by atoms with van der Waals surface area (Å²) >= 11 is 12.4. The van der Waals surface area contributed by atoms with E-state index in [9.17, 15) is 9.59 Å². The van der Waals surface area contributed by atoms with Crippen molar-refractivity contribution in [3.63, 3.8) is 0 Å². The van der Waals surface area contributed by atoms with Crippen molar-refractivity contribution in [2.45, 2.75) is 37.3 Å². The number of thiocarbonyl (C=S) groups is 1. The zero-order valence-corrected chi connectivity index (χ0v) is 21.0. The molecule has 2 saturated heterocycles. The number of carbonyl (C=O) groups excluding carboxylic acids is 2. The zero-order valence-electron chi connectivity index (χ0n) is 18.6. The SMILES string of the molecule is CC(COc1ccc(CC2SC(=O)NC2=O)cc1)N1CC(COCc2cccc(Cl)c2)OC1=S.[NaH]. The minimum atomic E-state index is -0.377. The summed E-state index contributed by atoms with van der Waals surface area (Å²) in [5.74, 6) is 0.490. The van der Waals surface area contributed by atoms with Gasteiger partial charge in [0.05, 0.1) is 31.1 Å². The van der Waals surface area contributed by atoms with Crippen LogP contribution < -0.4 is 10.1 Å². The first kappa shape index (κ1) is 28.2. The summed E-state index contributed by atoms with van der Waals surface area (Å²) in [6, 6.07) is 15.2. The Morgan fingerprint density at radius 3 is 2.69 bits per heavy atom. The average Bonchev–Trinajstić information content (AvgIpc) is 3.33. The van der Waals surface area contributed by atoms with Gasteiger partial charge in [-0.25, -0.2) is 0 Å². The maximum atomic E-state index is 11.7.